The molecule has 2 nitrogen and oxygen atoms in total. The van der Waals surface area contributed by atoms with E-state index in [1.807, 2.05) is 0 Å². The van der Waals surface area contributed by atoms with E-state index in [9.17, 15) is 13.2 Å². The number of rotatable bonds is 6. The van der Waals surface area contributed by atoms with E-state index in [0.717, 1.165) is 0 Å². The molecule has 0 heterocycles. The minimum absolute atomic E-state index is 0.188. The Bertz CT molecular complexity index is 147. The van der Waals surface area contributed by atoms with Gasteiger partial charge in [-0.05, 0) is 6.92 Å². The van der Waals surface area contributed by atoms with E-state index < -0.39 is 12.7 Å². The first-order valence-corrected chi connectivity index (χ1v) is 3.95. The van der Waals surface area contributed by atoms with Crippen molar-refractivity contribution < 1.29 is 17.9 Å². The van der Waals surface area contributed by atoms with Gasteiger partial charge in [0.05, 0.1) is 19.3 Å². The number of halogens is 3. The van der Waals surface area contributed by atoms with Crippen molar-refractivity contribution in [1.29, 1.82) is 0 Å². The third-order valence-electron chi connectivity index (χ3n) is 1.26. The second kappa shape index (κ2) is 5.99. The molecule has 0 amide bonds. The van der Waals surface area contributed by atoms with Gasteiger partial charge in [-0.3, -0.25) is 0 Å². The molecule has 5 heteroatoms. The van der Waals surface area contributed by atoms with Crippen molar-refractivity contribution in [2.75, 3.05) is 19.7 Å². The maximum absolute atomic E-state index is 11.6. The van der Waals surface area contributed by atoms with Crippen molar-refractivity contribution in [3.05, 3.63) is 12.7 Å². The molecule has 1 atom stereocenters. The van der Waals surface area contributed by atoms with Crippen LogP contribution in [-0.2, 0) is 4.74 Å². The van der Waals surface area contributed by atoms with E-state index in [0.29, 0.717) is 6.61 Å². The molecule has 0 spiro atoms. The van der Waals surface area contributed by atoms with Gasteiger partial charge >= 0.3 is 6.18 Å². The molecule has 0 aliphatic carbocycles. The largest absolute Gasteiger partial charge is 0.401 e. The van der Waals surface area contributed by atoms with Crippen LogP contribution in [0.3, 0.4) is 0 Å². The van der Waals surface area contributed by atoms with Gasteiger partial charge in [-0.25, -0.2) is 0 Å². The molecule has 0 aromatic carbocycles. The Morgan fingerprint density at radius 1 is 1.54 bits per heavy atom. The average molecular weight is 197 g/mol. The predicted molar refractivity (Wildman–Crippen MR) is 44.5 cm³/mol. The summed E-state index contributed by atoms with van der Waals surface area (Å²) in [5.74, 6) is 0. The van der Waals surface area contributed by atoms with Gasteiger partial charge in [0.15, 0.2) is 0 Å². The molecule has 0 radical (unpaired) electrons. The Kier molecular flexibility index (Phi) is 5.73. The SMILES string of the molecule is C=CCOC(C)CNCC(F)(F)F. The van der Waals surface area contributed by atoms with Gasteiger partial charge in [0.25, 0.3) is 0 Å². The lowest BCUT2D eigenvalue weighted by Crippen LogP contribution is -2.34. The molecular formula is C8H14F3NO. The highest BCUT2D eigenvalue weighted by atomic mass is 19.4. The van der Waals surface area contributed by atoms with Crippen LogP contribution in [0.25, 0.3) is 0 Å². The smallest absolute Gasteiger partial charge is 0.373 e. The van der Waals surface area contributed by atoms with Crippen LogP contribution in [-0.4, -0.2) is 32.0 Å². The molecule has 0 saturated heterocycles. The van der Waals surface area contributed by atoms with Crippen molar-refractivity contribution in [2.24, 2.45) is 0 Å². The van der Waals surface area contributed by atoms with Crippen LogP contribution in [0.2, 0.25) is 0 Å². The predicted octanol–water partition coefficient (Wildman–Crippen LogP) is 1.73. The number of nitrogens with one attached hydrogen (secondary N) is 1. The number of hydrogen-bond donors (Lipinski definition) is 1. The van der Waals surface area contributed by atoms with Gasteiger partial charge in [-0.1, -0.05) is 6.08 Å². The van der Waals surface area contributed by atoms with Crippen molar-refractivity contribution in [2.45, 2.75) is 19.2 Å². The lowest BCUT2D eigenvalue weighted by molar-refractivity contribution is -0.125. The zero-order chi connectivity index (χ0) is 10.3. The molecule has 1 N–H and O–H groups in total. The van der Waals surface area contributed by atoms with Crippen molar-refractivity contribution >= 4 is 0 Å². The molecule has 0 rings (SSSR count). The topological polar surface area (TPSA) is 21.3 Å². The number of hydrogen-bond acceptors (Lipinski definition) is 2. The summed E-state index contributed by atoms with van der Waals surface area (Å²) in [6.07, 6.45) is -2.83. The Morgan fingerprint density at radius 2 is 2.15 bits per heavy atom. The van der Waals surface area contributed by atoms with Gasteiger partial charge in [0, 0.05) is 6.54 Å². The van der Waals surface area contributed by atoms with E-state index in [2.05, 4.69) is 11.9 Å². The van der Waals surface area contributed by atoms with Crippen LogP contribution in [0.5, 0.6) is 0 Å². The minimum Gasteiger partial charge on any atom is -0.373 e. The first kappa shape index (κ1) is 12.4. The standard InChI is InChI=1S/C8H14F3NO/c1-3-4-13-7(2)5-12-6-8(9,10)11/h3,7,12H,1,4-6H2,2H3. The highest BCUT2D eigenvalue weighted by Gasteiger charge is 2.26. The van der Waals surface area contributed by atoms with Gasteiger partial charge in [0.1, 0.15) is 0 Å². The van der Waals surface area contributed by atoms with E-state index in [1.54, 1.807) is 13.0 Å². The Hall–Kier alpha value is -0.550. The van der Waals surface area contributed by atoms with Gasteiger partial charge < -0.3 is 10.1 Å². The summed E-state index contributed by atoms with van der Waals surface area (Å²) in [6.45, 7) is 4.69. The summed E-state index contributed by atoms with van der Waals surface area (Å²) in [6, 6.07) is 0. The van der Waals surface area contributed by atoms with Crippen LogP contribution in [0.4, 0.5) is 13.2 Å². The van der Waals surface area contributed by atoms with Crippen LogP contribution in [0.1, 0.15) is 6.92 Å². The molecule has 0 aromatic rings. The third kappa shape index (κ3) is 9.36. The number of alkyl halides is 3. The van der Waals surface area contributed by atoms with E-state index in [-0.39, 0.29) is 12.6 Å². The van der Waals surface area contributed by atoms with Crippen LogP contribution in [0, 0.1) is 0 Å². The molecule has 0 aliphatic rings. The minimum atomic E-state index is -4.15. The van der Waals surface area contributed by atoms with Crippen molar-refractivity contribution in [1.82, 2.24) is 5.32 Å². The monoisotopic (exact) mass is 197 g/mol. The molecule has 13 heavy (non-hydrogen) atoms. The lowest BCUT2D eigenvalue weighted by atomic mass is 10.4. The van der Waals surface area contributed by atoms with Crippen molar-refractivity contribution in [3.63, 3.8) is 0 Å². The third-order valence-corrected chi connectivity index (χ3v) is 1.26. The zero-order valence-electron chi connectivity index (χ0n) is 7.53. The fraction of sp³-hybridized carbons (Fsp3) is 0.750. The lowest BCUT2D eigenvalue weighted by Gasteiger charge is -2.13. The second-order valence-corrected chi connectivity index (χ2v) is 2.68. The fourth-order valence-corrected chi connectivity index (χ4v) is 0.708. The van der Waals surface area contributed by atoms with E-state index in [1.165, 1.54) is 0 Å². The van der Waals surface area contributed by atoms with E-state index >= 15 is 0 Å². The first-order chi connectivity index (χ1) is 5.95. The summed E-state index contributed by atoms with van der Waals surface area (Å²) in [5.41, 5.74) is 0. The quantitative estimate of drug-likeness (QED) is 0.655. The zero-order valence-corrected chi connectivity index (χ0v) is 7.53. The molecule has 1 unspecified atom stereocenters. The highest BCUT2D eigenvalue weighted by Crippen LogP contribution is 2.11. The summed E-state index contributed by atoms with van der Waals surface area (Å²) in [4.78, 5) is 0. The molecule has 0 bridgehead atoms. The maximum atomic E-state index is 11.6. The summed E-state index contributed by atoms with van der Waals surface area (Å²) < 4.78 is 40.0. The Labute approximate surface area is 75.8 Å². The van der Waals surface area contributed by atoms with Crippen LogP contribution in [0.15, 0.2) is 12.7 Å². The second-order valence-electron chi connectivity index (χ2n) is 2.68. The Balaban J connectivity index is 3.36. The van der Waals surface area contributed by atoms with Gasteiger partial charge in [0.2, 0.25) is 0 Å². The number of ether oxygens (including phenoxy) is 1. The van der Waals surface area contributed by atoms with E-state index in [4.69, 9.17) is 4.74 Å². The Morgan fingerprint density at radius 3 is 2.62 bits per heavy atom. The first-order valence-electron chi connectivity index (χ1n) is 3.95. The summed E-state index contributed by atoms with van der Waals surface area (Å²) in [7, 11) is 0. The summed E-state index contributed by atoms with van der Waals surface area (Å²) in [5, 5.41) is 2.25. The molecular weight excluding hydrogens is 183 g/mol. The molecule has 0 saturated carbocycles. The van der Waals surface area contributed by atoms with Gasteiger partial charge in [-0.2, -0.15) is 13.2 Å². The van der Waals surface area contributed by atoms with Crippen LogP contribution < -0.4 is 5.32 Å². The summed E-state index contributed by atoms with van der Waals surface area (Å²) >= 11 is 0. The molecule has 0 aliphatic heterocycles. The highest BCUT2D eigenvalue weighted by molar-refractivity contribution is 4.66. The maximum Gasteiger partial charge on any atom is 0.401 e. The molecule has 0 fully saturated rings. The molecule has 0 aromatic heterocycles. The fourth-order valence-electron chi connectivity index (χ4n) is 0.708. The molecule has 78 valence electrons. The van der Waals surface area contributed by atoms with Crippen LogP contribution >= 0.6 is 0 Å². The van der Waals surface area contributed by atoms with Gasteiger partial charge in [-0.15, -0.1) is 6.58 Å². The van der Waals surface area contributed by atoms with Crippen molar-refractivity contribution in [3.8, 4) is 0 Å². The normalized spacial score (nSPS) is 14.2. The average Bonchev–Trinajstić information content (AvgIpc) is 1.98.